The Morgan fingerprint density at radius 3 is 2.83 bits per heavy atom. The predicted octanol–water partition coefficient (Wildman–Crippen LogP) is 4.11. The lowest BCUT2D eigenvalue weighted by Crippen LogP contribution is -2.03. The van der Waals surface area contributed by atoms with Crippen LogP contribution in [0.25, 0.3) is 16.6 Å². The number of rotatable bonds is 6. The first kappa shape index (κ1) is 15.7. The number of hydrogen-bond donors (Lipinski definition) is 2. The van der Waals surface area contributed by atoms with E-state index in [2.05, 4.69) is 31.8 Å². The number of allylic oxidation sites excluding steroid dienone is 5. The molecule has 0 radical (unpaired) electrons. The summed E-state index contributed by atoms with van der Waals surface area (Å²) in [5.74, 6) is 1.55. The number of imidazole rings is 1. The van der Waals surface area contributed by atoms with Crippen LogP contribution in [0.3, 0.4) is 0 Å². The first-order valence-electron chi connectivity index (χ1n) is 7.75. The first-order chi connectivity index (χ1) is 11.8. The molecule has 2 N–H and O–H groups in total. The average molecular weight is 317 g/mol. The van der Waals surface area contributed by atoms with Crippen molar-refractivity contribution in [1.29, 1.82) is 0 Å². The van der Waals surface area contributed by atoms with Gasteiger partial charge in [0.1, 0.15) is 11.6 Å². The molecule has 0 aliphatic rings. The molecule has 1 aromatic carbocycles. The van der Waals surface area contributed by atoms with Crippen LogP contribution in [0.1, 0.15) is 18.4 Å². The van der Waals surface area contributed by atoms with Crippen LogP contribution in [-0.4, -0.2) is 19.9 Å². The molecule has 5 heteroatoms. The lowest BCUT2D eigenvalue weighted by atomic mass is 10.2. The van der Waals surface area contributed by atoms with Crippen LogP contribution >= 0.6 is 0 Å². The summed E-state index contributed by atoms with van der Waals surface area (Å²) in [5, 5.41) is 3.24. The Bertz CT molecular complexity index is 905. The average Bonchev–Trinajstić information content (AvgIpc) is 3.09. The summed E-state index contributed by atoms with van der Waals surface area (Å²) in [5.41, 5.74) is 3.68. The zero-order valence-electron chi connectivity index (χ0n) is 13.5. The molecule has 2 heterocycles. The van der Waals surface area contributed by atoms with Gasteiger partial charge in [0.05, 0.1) is 35.7 Å². The van der Waals surface area contributed by atoms with Crippen LogP contribution in [0.5, 0.6) is 0 Å². The first-order valence-corrected chi connectivity index (χ1v) is 7.75. The Hall–Kier alpha value is -3.21. The molecule has 24 heavy (non-hydrogen) atoms. The second-order valence-electron chi connectivity index (χ2n) is 5.19. The number of aromatic nitrogens is 4. The summed E-state index contributed by atoms with van der Waals surface area (Å²) < 4.78 is 0. The normalized spacial score (nSPS) is 12.0. The van der Waals surface area contributed by atoms with E-state index in [1.165, 1.54) is 0 Å². The Balaban J connectivity index is 1.71. The minimum absolute atomic E-state index is 0.543. The van der Waals surface area contributed by atoms with E-state index in [1.54, 1.807) is 18.5 Å². The lowest BCUT2D eigenvalue weighted by molar-refractivity contribution is 0.985. The van der Waals surface area contributed by atoms with Crippen molar-refractivity contribution < 1.29 is 0 Å². The number of fused-ring (bicyclic) bond motifs is 1. The molecular formula is C19H19N5. The van der Waals surface area contributed by atoms with E-state index in [1.807, 2.05) is 49.4 Å². The molecule has 3 aromatic rings. The number of hydrogen-bond acceptors (Lipinski definition) is 4. The SMILES string of the molecule is C=C/C(=C\C=C/C)c1cnc(CNc2cnc3ccccc3n2)[nH]1. The van der Waals surface area contributed by atoms with Gasteiger partial charge in [-0.05, 0) is 24.6 Å². The summed E-state index contributed by atoms with van der Waals surface area (Å²) in [6, 6.07) is 7.79. The standard InChI is InChI=1S/C19H19N5/c1-3-5-8-14(4-2)17-11-21-19(24-17)13-22-18-12-20-15-9-6-7-10-16(15)23-18/h3-12H,2,13H2,1H3,(H,21,24)(H,22,23)/b5-3-,14-8+. The molecule has 0 aliphatic heterocycles. The monoisotopic (exact) mass is 317 g/mol. The second-order valence-corrected chi connectivity index (χ2v) is 5.19. The predicted molar refractivity (Wildman–Crippen MR) is 98.4 cm³/mol. The van der Waals surface area contributed by atoms with Crippen molar-refractivity contribution in [3.8, 4) is 0 Å². The minimum Gasteiger partial charge on any atom is -0.362 e. The van der Waals surface area contributed by atoms with E-state index in [-0.39, 0.29) is 0 Å². The van der Waals surface area contributed by atoms with Crippen molar-refractivity contribution in [3.63, 3.8) is 0 Å². The van der Waals surface area contributed by atoms with Crippen LogP contribution in [0.15, 0.2) is 67.5 Å². The fourth-order valence-corrected chi connectivity index (χ4v) is 2.28. The van der Waals surface area contributed by atoms with Gasteiger partial charge in [0.2, 0.25) is 0 Å². The van der Waals surface area contributed by atoms with Gasteiger partial charge in [-0.15, -0.1) is 0 Å². The number of nitrogens with zero attached hydrogens (tertiary/aromatic N) is 3. The number of aromatic amines is 1. The Morgan fingerprint density at radius 1 is 1.21 bits per heavy atom. The van der Waals surface area contributed by atoms with Crippen molar-refractivity contribution in [1.82, 2.24) is 19.9 Å². The molecule has 120 valence electrons. The second kappa shape index (κ2) is 7.37. The topological polar surface area (TPSA) is 66.5 Å². The van der Waals surface area contributed by atoms with Gasteiger partial charge in [-0.2, -0.15) is 0 Å². The summed E-state index contributed by atoms with van der Waals surface area (Å²) in [4.78, 5) is 16.6. The zero-order valence-corrected chi connectivity index (χ0v) is 13.5. The molecule has 0 spiro atoms. The quantitative estimate of drug-likeness (QED) is 0.671. The van der Waals surface area contributed by atoms with Gasteiger partial charge >= 0.3 is 0 Å². The number of anilines is 1. The van der Waals surface area contributed by atoms with Gasteiger partial charge in [0.25, 0.3) is 0 Å². The maximum atomic E-state index is 4.54. The van der Waals surface area contributed by atoms with Gasteiger partial charge in [-0.25, -0.2) is 9.97 Å². The van der Waals surface area contributed by atoms with Crippen LogP contribution in [0.4, 0.5) is 5.82 Å². The summed E-state index contributed by atoms with van der Waals surface area (Å²) in [6.45, 7) is 6.36. The Labute approximate surface area is 140 Å². The van der Waals surface area contributed by atoms with Gasteiger partial charge in [-0.1, -0.05) is 43.0 Å². The summed E-state index contributed by atoms with van der Waals surface area (Å²) in [7, 11) is 0. The number of benzene rings is 1. The number of nitrogens with one attached hydrogen (secondary N) is 2. The van der Waals surface area contributed by atoms with E-state index >= 15 is 0 Å². The fourth-order valence-electron chi connectivity index (χ4n) is 2.28. The maximum Gasteiger partial charge on any atom is 0.145 e. The van der Waals surface area contributed by atoms with Crippen LogP contribution < -0.4 is 5.32 Å². The van der Waals surface area contributed by atoms with Gasteiger partial charge in [0, 0.05) is 0 Å². The molecule has 0 amide bonds. The van der Waals surface area contributed by atoms with Crippen LogP contribution in [-0.2, 0) is 6.54 Å². The van der Waals surface area contributed by atoms with Crippen LogP contribution in [0, 0.1) is 0 Å². The van der Waals surface area contributed by atoms with Crippen molar-refractivity contribution in [2.45, 2.75) is 13.5 Å². The summed E-state index contributed by atoms with van der Waals surface area (Å²) >= 11 is 0. The molecule has 0 saturated carbocycles. The van der Waals surface area contributed by atoms with Crippen LogP contribution in [0.2, 0.25) is 0 Å². The molecule has 0 saturated heterocycles. The molecule has 0 fully saturated rings. The highest BCUT2D eigenvalue weighted by atomic mass is 15.0. The van der Waals surface area contributed by atoms with Gasteiger partial charge in [-0.3, -0.25) is 4.98 Å². The van der Waals surface area contributed by atoms with Crippen molar-refractivity contribution in [2.75, 3.05) is 5.32 Å². The van der Waals surface area contributed by atoms with E-state index in [9.17, 15) is 0 Å². The van der Waals surface area contributed by atoms with Gasteiger partial charge in [0.15, 0.2) is 0 Å². The molecule has 0 bridgehead atoms. The number of para-hydroxylation sites is 2. The molecule has 0 unspecified atom stereocenters. The third kappa shape index (κ3) is 3.57. The molecule has 3 rings (SSSR count). The lowest BCUT2D eigenvalue weighted by Gasteiger charge is -2.04. The zero-order chi connectivity index (χ0) is 16.8. The minimum atomic E-state index is 0.543. The van der Waals surface area contributed by atoms with E-state index in [0.717, 1.165) is 33.9 Å². The largest absolute Gasteiger partial charge is 0.362 e. The van der Waals surface area contributed by atoms with E-state index < -0.39 is 0 Å². The van der Waals surface area contributed by atoms with E-state index in [4.69, 9.17) is 0 Å². The molecule has 2 aromatic heterocycles. The Kier molecular flexibility index (Phi) is 4.81. The molecule has 0 aliphatic carbocycles. The summed E-state index contributed by atoms with van der Waals surface area (Å²) in [6.07, 6.45) is 11.3. The smallest absolute Gasteiger partial charge is 0.145 e. The fraction of sp³-hybridized carbons (Fsp3) is 0.105. The van der Waals surface area contributed by atoms with E-state index in [0.29, 0.717) is 6.54 Å². The molecule has 0 atom stereocenters. The third-order valence-corrected chi connectivity index (χ3v) is 3.51. The molecular weight excluding hydrogens is 298 g/mol. The van der Waals surface area contributed by atoms with Crippen molar-refractivity contribution >= 4 is 22.4 Å². The van der Waals surface area contributed by atoms with Gasteiger partial charge < -0.3 is 10.3 Å². The highest BCUT2D eigenvalue weighted by molar-refractivity contribution is 5.75. The Morgan fingerprint density at radius 2 is 2.04 bits per heavy atom. The maximum absolute atomic E-state index is 4.54. The highest BCUT2D eigenvalue weighted by Crippen LogP contribution is 2.15. The van der Waals surface area contributed by atoms with Crippen molar-refractivity contribution in [3.05, 3.63) is 79.1 Å². The highest BCUT2D eigenvalue weighted by Gasteiger charge is 2.04. The number of H-pyrrole nitrogens is 1. The van der Waals surface area contributed by atoms with Crippen molar-refractivity contribution in [2.24, 2.45) is 0 Å². The third-order valence-electron chi connectivity index (χ3n) is 3.51. The molecule has 5 nitrogen and oxygen atoms in total.